The topological polar surface area (TPSA) is 95.4 Å². The van der Waals surface area contributed by atoms with Crippen molar-refractivity contribution in [2.75, 3.05) is 32.7 Å². The number of rotatable bonds is 8. The first-order valence-corrected chi connectivity index (χ1v) is 5.52. The van der Waals surface area contributed by atoms with Crippen LogP contribution in [0.25, 0.3) is 0 Å². The molecule has 0 saturated carbocycles. The number of nitrogen functional groups attached to an aromatic ring is 1. The number of hydrogen-bond acceptors (Lipinski definition) is 6. The summed E-state index contributed by atoms with van der Waals surface area (Å²) in [6.45, 7) is 1.76. The number of pyridine rings is 1. The van der Waals surface area contributed by atoms with Gasteiger partial charge in [0.1, 0.15) is 5.82 Å². The standard InChI is InChI=1S/C11H20N4O2/c1-16-7-8-17-6-4-10(15-13)9-3-2-5-14-11(9)12/h2-3,5,10,15H,4,6-8,13H2,1H3,(H2,12,14). The third-order valence-corrected chi connectivity index (χ3v) is 2.43. The highest BCUT2D eigenvalue weighted by atomic mass is 16.5. The maximum Gasteiger partial charge on any atom is 0.128 e. The van der Waals surface area contributed by atoms with Crippen LogP contribution in [0.5, 0.6) is 0 Å². The number of nitrogens with two attached hydrogens (primary N) is 2. The first kappa shape index (κ1) is 13.9. The number of aromatic nitrogens is 1. The molecule has 5 N–H and O–H groups in total. The Bertz CT molecular complexity index is 322. The first-order valence-electron chi connectivity index (χ1n) is 5.52. The largest absolute Gasteiger partial charge is 0.383 e. The highest BCUT2D eigenvalue weighted by molar-refractivity contribution is 5.40. The summed E-state index contributed by atoms with van der Waals surface area (Å²) in [6.07, 6.45) is 2.39. The van der Waals surface area contributed by atoms with Crippen molar-refractivity contribution in [3.05, 3.63) is 23.9 Å². The number of nitrogens with one attached hydrogen (secondary N) is 1. The Morgan fingerprint density at radius 3 is 2.88 bits per heavy atom. The zero-order valence-electron chi connectivity index (χ0n) is 10.1. The molecule has 0 fully saturated rings. The number of methoxy groups -OCH3 is 1. The number of nitrogens with zero attached hydrogens (tertiary/aromatic N) is 1. The van der Waals surface area contributed by atoms with Crippen molar-refractivity contribution < 1.29 is 9.47 Å². The molecule has 0 spiro atoms. The summed E-state index contributed by atoms with van der Waals surface area (Å²) >= 11 is 0. The van der Waals surface area contributed by atoms with Crippen LogP contribution in [0.1, 0.15) is 18.0 Å². The molecule has 0 aliphatic rings. The molecule has 0 saturated heterocycles. The summed E-state index contributed by atoms with van der Waals surface area (Å²) in [6, 6.07) is 3.69. The molecular formula is C11H20N4O2. The van der Waals surface area contributed by atoms with Crippen molar-refractivity contribution in [2.24, 2.45) is 5.84 Å². The van der Waals surface area contributed by atoms with Crippen molar-refractivity contribution in [2.45, 2.75) is 12.5 Å². The number of anilines is 1. The Kier molecular flexibility index (Phi) is 6.49. The monoisotopic (exact) mass is 240 g/mol. The van der Waals surface area contributed by atoms with Gasteiger partial charge in [0.15, 0.2) is 0 Å². The Hall–Kier alpha value is -1.21. The van der Waals surface area contributed by atoms with Gasteiger partial charge in [0, 0.05) is 25.5 Å². The minimum Gasteiger partial charge on any atom is -0.383 e. The van der Waals surface area contributed by atoms with Crippen molar-refractivity contribution >= 4 is 5.82 Å². The zero-order chi connectivity index (χ0) is 12.5. The Morgan fingerprint density at radius 1 is 1.41 bits per heavy atom. The van der Waals surface area contributed by atoms with E-state index >= 15 is 0 Å². The van der Waals surface area contributed by atoms with Gasteiger partial charge in [0.2, 0.25) is 0 Å². The van der Waals surface area contributed by atoms with E-state index in [1.807, 2.05) is 12.1 Å². The molecule has 1 unspecified atom stereocenters. The van der Waals surface area contributed by atoms with Crippen LogP contribution in [-0.2, 0) is 9.47 Å². The second-order valence-electron chi connectivity index (χ2n) is 3.59. The predicted octanol–water partition coefficient (Wildman–Crippen LogP) is 0.221. The predicted molar refractivity (Wildman–Crippen MR) is 66.0 cm³/mol. The molecule has 0 aliphatic carbocycles. The van der Waals surface area contributed by atoms with E-state index in [2.05, 4.69) is 10.4 Å². The summed E-state index contributed by atoms with van der Waals surface area (Å²) in [7, 11) is 1.64. The molecule has 96 valence electrons. The summed E-state index contributed by atoms with van der Waals surface area (Å²) in [4.78, 5) is 4.03. The van der Waals surface area contributed by atoms with Gasteiger partial charge < -0.3 is 15.2 Å². The third kappa shape index (κ3) is 4.66. The fourth-order valence-electron chi connectivity index (χ4n) is 1.50. The molecule has 0 aliphatic heterocycles. The Morgan fingerprint density at radius 2 is 2.24 bits per heavy atom. The van der Waals surface area contributed by atoms with Crippen LogP contribution < -0.4 is 17.0 Å². The molecule has 6 nitrogen and oxygen atoms in total. The molecule has 0 radical (unpaired) electrons. The van der Waals surface area contributed by atoms with Crippen LogP contribution in [0.3, 0.4) is 0 Å². The molecule has 0 amide bonds. The highest BCUT2D eigenvalue weighted by Crippen LogP contribution is 2.20. The number of ether oxygens (including phenoxy) is 2. The van der Waals surface area contributed by atoms with Gasteiger partial charge in [-0.3, -0.25) is 11.3 Å². The normalized spacial score (nSPS) is 12.6. The molecule has 1 rings (SSSR count). The van der Waals surface area contributed by atoms with Crippen molar-refractivity contribution in [3.8, 4) is 0 Å². The minimum atomic E-state index is -0.0498. The molecule has 0 bridgehead atoms. The second-order valence-corrected chi connectivity index (χ2v) is 3.59. The molecule has 6 heteroatoms. The lowest BCUT2D eigenvalue weighted by Gasteiger charge is -2.17. The van der Waals surface area contributed by atoms with Gasteiger partial charge in [-0.2, -0.15) is 0 Å². The van der Waals surface area contributed by atoms with E-state index in [1.54, 1.807) is 13.3 Å². The van der Waals surface area contributed by atoms with E-state index in [1.165, 1.54) is 0 Å². The quantitative estimate of drug-likeness (QED) is 0.342. The molecule has 17 heavy (non-hydrogen) atoms. The van der Waals surface area contributed by atoms with Gasteiger partial charge in [-0.15, -0.1) is 0 Å². The van der Waals surface area contributed by atoms with Crippen LogP contribution >= 0.6 is 0 Å². The van der Waals surface area contributed by atoms with E-state index < -0.39 is 0 Å². The maximum absolute atomic E-state index is 5.78. The minimum absolute atomic E-state index is 0.0498. The summed E-state index contributed by atoms with van der Waals surface area (Å²) in [5, 5.41) is 0. The van der Waals surface area contributed by atoms with Crippen molar-refractivity contribution in [1.82, 2.24) is 10.4 Å². The van der Waals surface area contributed by atoms with E-state index in [0.29, 0.717) is 25.6 Å². The summed E-state index contributed by atoms with van der Waals surface area (Å²) in [5.74, 6) is 5.99. The van der Waals surface area contributed by atoms with Gasteiger partial charge in [-0.25, -0.2) is 4.98 Å². The lowest BCUT2D eigenvalue weighted by Crippen LogP contribution is -2.29. The molecule has 1 heterocycles. The van der Waals surface area contributed by atoms with Crippen LogP contribution in [0.2, 0.25) is 0 Å². The summed E-state index contributed by atoms with van der Waals surface area (Å²) < 4.78 is 10.3. The molecule has 1 atom stereocenters. The number of hydrazine groups is 1. The van der Waals surface area contributed by atoms with E-state index in [4.69, 9.17) is 21.1 Å². The molecule has 1 aromatic rings. The molecular weight excluding hydrogens is 220 g/mol. The average molecular weight is 240 g/mol. The highest BCUT2D eigenvalue weighted by Gasteiger charge is 2.12. The van der Waals surface area contributed by atoms with Gasteiger partial charge in [-0.1, -0.05) is 6.07 Å². The van der Waals surface area contributed by atoms with Crippen molar-refractivity contribution in [3.63, 3.8) is 0 Å². The molecule has 0 aromatic carbocycles. The van der Waals surface area contributed by atoms with Crippen LogP contribution in [-0.4, -0.2) is 31.9 Å². The van der Waals surface area contributed by atoms with E-state index in [-0.39, 0.29) is 6.04 Å². The van der Waals surface area contributed by atoms with Crippen LogP contribution in [0.15, 0.2) is 18.3 Å². The lowest BCUT2D eigenvalue weighted by atomic mass is 10.1. The zero-order valence-corrected chi connectivity index (χ0v) is 10.1. The Balaban J connectivity index is 2.41. The van der Waals surface area contributed by atoms with Crippen LogP contribution in [0, 0.1) is 0 Å². The van der Waals surface area contributed by atoms with Crippen LogP contribution in [0.4, 0.5) is 5.82 Å². The third-order valence-electron chi connectivity index (χ3n) is 2.43. The summed E-state index contributed by atoms with van der Waals surface area (Å²) in [5.41, 5.74) is 9.39. The Labute approximate surface area is 101 Å². The van der Waals surface area contributed by atoms with Gasteiger partial charge >= 0.3 is 0 Å². The average Bonchev–Trinajstić information content (AvgIpc) is 2.35. The van der Waals surface area contributed by atoms with Gasteiger partial charge in [-0.05, 0) is 12.5 Å². The van der Waals surface area contributed by atoms with Gasteiger partial charge in [0.05, 0.1) is 19.3 Å². The van der Waals surface area contributed by atoms with E-state index in [0.717, 1.165) is 12.0 Å². The van der Waals surface area contributed by atoms with Crippen molar-refractivity contribution in [1.29, 1.82) is 0 Å². The van der Waals surface area contributed by atoms with E-state index in [9.17, 15) is 0 Å². The fourth-order valence-corrected chi connectivity index (χ4v) is 1.50. The smallest absolute Gasteiger partial charge is 0.128 e. The van der Waals surface area contributed by atoms with Gasteiger partial charge in [0.25, 0.3) is 0 Å². The maximum atomic E-state index is 5.78. The first-order chi connectivity index (χ1) is 8.29. The lowest BCUT2D eigenvalue weighted by molar-refractivity contribution is 0.0658. The molecule has 1 aromatic heterocycles. The second kappa shape index (κ2) is 7.97. The fraction of sp³-hybridized carbons (Fsp3) is 0.545. The number of hydrogen-bond donors (Lipinski definition) is 3. The SMILES string of the molecule is COCCOCCC(NN)c1cccnc1N.